The number of aliphatic carboxylic acids is 1. The number of nitrogens with two attached hydrogens (primary N) is 1. The van der Waals surface area contributed by atoms with Crippen molar-refractivity contribution in [3.63, 3.8) is 0 Å². The number of carboxylic acid groups (broad SMARTS) is 1. The Labute approximate surface area is 149 Å². The predicted octanol–water partition coefficient (Wildman–Crippen LogP) is 2.93. The third kappa shape index (κ3) is 2.95. The summed E-state index contributed by atoms with van der Waals surface area (Å²) in [5, 5.41) is 14.2. The molecule has 0 aliphatic carbocycles. The molecule has 0 aliphatic heterocycles. The summed E-state index contributed by atoms with van der Waals surface area (Å²) in [7, 11) is 0. The first-order valence-corrected chi connectivity index (χ1v) is 8.32. The van der Waals surface area contributed by atoms with Crippen LogP contribution in [0.15, 0.2) is 48.8 Å². The fourth-order valence-electron chi connectivity index (χ4n) is 3.01. The number of aromatic nitrogens is 4. The van der Waals surface area contributed by atoms with Gasteiger partial charge in [0.05, 0.1) is 11.7 Å². The molecular weight excluding hydrogens is 330 g/mol. The van der Waals surface area contributed by atoms with E-state index >= 15 is 0 Å². The Balaban J connectivity index is 1.76. The summed E-state index contributed by atoms with van der Waals surface area (Å²) in [6.07, 6.45) is 4.69. The van der Waals surface area contributed by atoms with E-state index in [-0.39, 0.29) is 6.42 Å². The molecule has 1 aromatic carbocycles. The van der Waals surface area contributed by atoms with Gasteiger partial charge in [0.2, 0.25) is 0 Å². The fourth-order valence-corrected chi connectivity index (χ4v) is 3.01. The van der Waals surface area contributed by atoms with Crippen LogP contribution >= 0.6 is 0 Å². The second-order valence-corrected chi connectivity index (χ2v) is 6.13. The predicted molar refractivity (Wildman–Crippen MR) is 98.7 cm³/mol. The van der Waals surface area contributed by atoms with E-state index in [1.54, 1.807) is 23.0 Å². The van der Waals surface area contributed by atoms with Gasteiger partial charge in [-0.05, 0) is 25.0 Å². The average Bonchev–Trinajstić information content (AvgIpc) is 3.05. The van der Waals surface area contributed by atoms with Gasteiger partial charge in [0.1, 0.15) is 5.82 Å². The maximum atomic E-state index is 10.7. The highest BCUT2D eigenvalue weighted by Gasteiger charge is 2.13. The summed E-state index contributed by atoms with van der Waals surface area (Å²) in [5.74, 6) is -0.341. The number of hydrogen-bond donors (Lipinski definition) is 2. The fraction of sp³-hybridized carbons (Fsp3) is 0.158. The Hall–Kier alpha value is -3.48. The van der Waals surface area contributed by atoms with Crippen molar-refractivity contribution in [3.8, 4) is 11.1 Å². The quantitative estimate of drug-likeness (QED) is 0.575. The molecule has 0 saturated carbocycles. The molecule has 0 unspecified atom stereocenters. The van der Waals surface area contributed by atoms with Crippen LogP contribution in [0.3, 0.4) is 0 Å². The van der Waals surface area contributed by atoms with Crippen molar-refractivity contribution in [2.24, 2.45) is 0 Å². The SMILES string of the molecule is Nc1cc(CCCC(=O)O)nc2c(-c3cnc4ccccc4c3)cnn12. The van der Waals surface area contributed by atoms with Gasteiger partial charge < -0.3 is 10.8 Å². The Morgan fingerprint density at radius 3 is 2.88 bits per heavy atom. The normalized spacial score (nSPS) is 11.2. The Morgan fingerprint density at radius 1 is 1.19 bits per heavy atom. The van der Waals surface area contributed by atoms with Crippen LogP contribution in [0.2, 0.25) is 0 Å². The lowest BCUT2D eigenvalue weighted by Gasteiger charge is -2.06. The van der Waals surface area contributed by atoms with Gasteiger partial charge in [0.25, 0.3) is 0 Å². The Kier molecular flexibility index (Phi) is 3.96. The Bertz CT molecular complexity index is 1120. The number of nitrogens with zero attached hydrogens (tertiary/aromatic N) is 4. The standard InChI is InChI=1S/C19H17N5O2/c20-17-9-14(5-3-7-18(25)26)23-19-15(11-22-24(17)19)13-8-12-4-1-2-6-16(12)21-10-13/h1-2,4,6,8-11H,3,5,7,20H2,(H,25,26). The van der Waals surface area contributed by atoms with Crippen LogP contribution in [0.4, 0.5) is 5.82 Å². The van der Waals surface area contributed by atoms with Crippen molar-refractivity contribution in [2.75, 3.05) is 5.73 Å². The topological polar surface area (TPSA) is 106 Å². The molecule has 0 amide bonds. The van der Waals surface area contributed by atoms with Gasteiger partial charge in [0, 0.05) is 40.9 Å². The van der Waals surface area contributed by atoms with Gasteiger partial charge >= 0.3 is 5.97 Å². The smallest absolute Gasteiger partial charge is 0.303 e. The molecule has 7 nitrogen and oxygen atoms in total. The van der Waals surface area contributed by atoms with E-state index in [0.717, 1.165) is 27.7 Å². The molecule has 130 valence electrons. The first kappa shape index (κ1) is 16.0. The molecule has 0 spiro atoms. The van der Waals surface area contributed by atoms with Crippen molar-refractivity contribution in [3.05, 3.63) is 54.5 Å². The van der Waals surface area contributed by atoms with Gasteiger partial charge in [-0.15, -0.1) is 0 Å². The summed E-state index contributed by atoms with van der Waals surface area (Å²) < 4.78 is 1.59. The second kappa shape index (κ2) is 6.44. The number of benzene rings is 1. The average molecular weight is 347 g/mol. The largest absolute Gasteiger partial charge is 0.481 e. The number of para-hydroxylation sites is 1. The zero-order chi connectivity index (χ0) is 18.1. The molecule has 3 heterocycles. The molecule has 7 heteroatoms. The number of fused-ring (bicyclic) bond motifs is 2. The molecule has 4 rings (SSSR count). The van der Waals surface area contributed by atoms with Crippen LogP contribution in [0.1, 0.15) is 18.5 Å². The number of aryl methyl sites for hydroxylation is 1. The summed E-state index contributed by atoms with van der Waals surface area (Å²) >= 11 is 0. The van der Waals surface area contributed by atoms with Crippen molar-refractivity contribution < 1.29 is 9.90 Å². The highest BCUT2D eigenvalue weighted by Crippen LogP contribution is 2.27. The van der Waals surface area contributed by atoms with E-state index in [1.807, 2.05) is 30.3 Å². The molecule has 0 saturated heterocycles. The zero-order valence-corrected chi connectivity index (χ0v) is 14.0. The molecule has 0 radical (unpaired) electrons. The number of pyridine rings is 1. The van der Waals surface area contributed by atoms with Gasteiger partial charge in [0.15, 0.2) is 5.65 Å². The monoisotopic (exact) mass is 347 g/mol. The molecule has 4 aromatic rings. The van der Waals surface area contributed by atoms with Crippen LogP contribution in [-0.2, 0) is 11.2 Å². The molecule has 0 atom stereocenters. The van der Waals surface area contributed by atoms with E-state index in [1.165, 1.54) is 0 Å². The number of carboxylic acids is 1. The molecule has 0 fully saturated rings. The molecule has 3 N–H and O–H groups in total. The molecular formula is C19H17N5O2. The summed E-state index contributed by atoms with van der Waals surface area (Å²) in [4.78, 5) is 19.9. The van der Waals surface area contributed by atoms with Gasteiger partial charge in [-0.2, -0.15) is 9.61 Å². The highest BCUT2D eigenvalue weighted by molar-refractivity contribution is 5.86. The Morgan fingerprint density at radius 2 is 2.04 bits per heavy atom. The van der Waals surface area contributed by atoms with Crippen LogP contribution in [0.25, 0.3) is 27.7 Å². The third-order valence-corrected chi connectivity index (χ3v) is 4.28. The van der Waals surface area contributed by atoms with Crippen molar-refractivity contribution in [1.82, 2.24) is 19.6 Å². The minimum Gasteiger partial charge on any atom is -0.481 e. The molecule has 3 aromatic heterocycles. The maximum absolute atomic E-state index is 10.7. The second-order valence-electron chi connectivity index (χ2n) is 6.13. The summed E-state index contributed by atoms with van der Waals surface area (Å²) in [6, 6.07) is 11.7. The van der Waals surface area contributed by atoms with Crippen molar-refractivity contribution >= 4 is 28.3 Å². The van der Waals surface area contributed by atoms with Gasteiger partial charge in [-0.1, -0.05) is 18.2 Å². The zero-order valence-electron chi connectivity index (χ0n) is 14.0. The van der Waals surface area contributed by atoms with Crippen molar-refractivity contribution in [1.29, 1.82) is 0 Å². The summed E-state index contributed by atoms with van der Waals surface area (Å²) in [5.41, 5.74) is 10.2. The number of anilines is 1. The molecule has 0 aliphatic rings. The first-order chi connectivity index (χ1) is 12.6. The van der Waals surface area contributed by atoms with Crippen LogP contribution in [0.5, 0.6) is 0 Å². The number of nitrogen functional groups attached to an aromatic ring is 1. The highest BCUT2D eigenvalue weighted by atomic mass is 16.4. The van der Waals surface area contributed by atoms with E-state index in [9.17, 15) is 4.79 Å². The first-order valence-electron chi connectivity index (χ1n) is 8.32. The van der Waals surface area contributed by atoms with E-state index in [2.05, 4.69) is 15.1 Å². The lowest BCUT2D eigenvalue weighted by Crippen LogP contribution is -2.04. The lowest BCUT2D eigenvalue weighted by atomic mass is 10.1. The van der Waals surface area contributed by atoms with Crippen LogP contribution in [0, 0.1) is 0 Å². The number of hydrogen-bond acceptors (Lipinski definition) is 5. The van der Waals surface area contributed by atoms with Crippen LogP contribution < -0.4 is 5.73 Å². The molecule has 26 heavy (non-hydrogen) atoms. The maximum Gasteiger partial charge on any atom is 0.303 e. The number of carbonyl (C=O) groups is 1. The van der Waals surface area contributed by atoms with Crippen molar-refractivity contribution in [2.45, 2.75) is 19.3 Å². The van der Waals surface area contributed by atoms with E-state index in [0.29, 0.717) is 24.3 Å². The minimum absolute atomic E-state index is 0.105. The van der Waals surface area contributed by atoms with Crippen LogP contribution in [-0.4, -0.2) is 30.7 Å². The summed E-state index contributed by atoms with van der Waals surface area (Å²) in [6.45, 7) is 0. The van der Waals surface area contributed by atoms with Gasteiger partial charge in [-0.3, -0.25) is 9.78 Å². The molecule has 0 bridgehead atoms. The van der Waals surface area contributed by atoms with E-state index < -0.39 is 5.97 Å². The minimum atomic E-state index is -0.814. The number of rotatable bonds is 5. The third-order valence-electron chi connectivity index (χ3n) is 4.28. The lowest BCUT2D eigenvalue weighted by molar-refractivity contribution is -0.137. The van der Waals surface area contributed by atoms with E-state index in [4.69, 9.17) is 10.8 Å². The van der Waals surface area contributed by atoms with Gasteiger partial charge in [-0.25, -0.2) is 4.98 Å².